The fourth-order valence-corrected chi connectivity index (χ4v) is 2.30. The number of benzene rings is 1. The molecule has 0 aliphatic carbocycles. The molecule has 1 aliphatic rings. The molecular weight excluding hydrogens is 300 g/mol. The van der Waals surface area contributed by atoms with Crippen molar-refractivity contribution in [3.63, 3.8) is 0 Å². The first kappa shape index (κ1) is 13.8. The standard InChI is InChI=1S/C13H17BrO4/c1-13(6-17-7-13)8-18-11-2-9(4-15)12(14)10(3-11)5-16/h2-3,15-16H,4-8H2,1H3. The smallest absolute Gasteiger partial charge is 0.120 e. The average Bonchev–Trinajstić information content (AvgIpc) is 2.35. The first-order valence-corrected chi connectivity index (χ1v) is 6.61. The molecular formula is C13H17BrO4. The summed E-state index contributed by atoms with van der Waals surface area (Å²) in [5.74, 6) is 0.666. The fourth-order valence-electron chi connectivity index (χ4n) is 1.82. The van der Waals surface area contributed by atoms with Gasteiger partial charge in [0.25, 0.3) is 0 Å². The van der Waals surface area contributed by atoms with Gasteiger partial charge in [-0.2, -0.15) is 0 Å². The average molecular weight is 317 g/mol. The number of aliphatic hydroxyl groups is 2. The van der Waals surface area contributed by atoms with Crippen molar-refractivity contribution in [3.05, 3.63) is 27.7 Å². The van der Waals surface area contributed by atoms with E-state index < -0.39 is 0 Å². The van der Waals surface area contributed by atoms with Gasteiger partial charge in [-0.25, -0.2) is 0 Å². The Balaban J connectivity index is 2.12. The van der Waals surface area contributed by atoms with Gasteiger partial charge < -0.3 is 19.7 Å². The Kier molecular flexibility index (Phi) is 4.27. The van der Waals surface area contributed by atoms with Gasteiger partial charge in [-0.1, -0.05) is 22.9 Å². The monoisotopic (exact) mass is 316 g/mol. The van der Waals surface area contributed by atoms with Crippen molar-refractivity contribution in [1.82, 2.24) is 0 Å². The van der Waals surface area contributed by atoms with Gasteiger partial charge in [-0.15, -0.1) is 0 Å². The summed E-state index contributed by atoms with van der Waals surface area (Å²) in [6.07, 6.45) is 0. The molecule has 0 unspecified atom stereocenters. The van der Waals surface area contributed by atoms with Crippen molar-refractivity contribution >= 4 is 15.9 Å². The second-order valence-electron chi connectivity index (χ2n) is 4.96. The largest absolute Gasteiger partial charge is 0.493 e. The Labute approximate surface area is 115 Å². The minimum absolute atomic E-state index is 0.0752. The summed E-state index contributed by atoms with van der Waals surface area (Å²) in [7, 11) is 0. The molecule has 1 aliphatic heterocycles. The molecule has 0 saturated carbocycles. The third-order valence-corrected chi connectivity index (χ3v) is 4.04. The summed E-state index contributed by atoms with van der Waals surface area (Å²) in [5, 5.41) is 18.5. The highest BCUT2D eigenvalue weighted by atomic mass is 79.9. The first-order valence-electron chi connectivity index (χ1n) is 5.81. The third-order valence-electron chi connectivity index (χ3n) is 3.03. The minimum Gasteiger partial charge on any atom is -0.493 e. The Morgan fingerprint density at radius 2 is 1.83 bits per heavy atom. The molecule has 0 amide bonds. The molecule has 0 spiro atoms. The summed E-state index contributed by atoms with van der Waals surface area (Å²) in [6, 6.07) is 3.57. The molecule has 0 bridgehead atoms. The molecule has 5 heteroatoms. The molecule has 1 saturated heterocycles. The van der Waals surface area contributed by atoms with Crippen LogP contribution in [0.5, 0.6) is 5.75 Å². The summed E-state index contributed by atoms with van der Waals surface area (Å²) < 4.78 is 11.6. The lowest BCUT2D eigenvalue weighted by molar-refractivity contribution is -0.120. The van der Waals surface area contributed by atoms with Gasteiger partial charge >= 0.3 is 0 Å². The van der Waals surface area contributed by atoms with Crippen LogP contribution in [0.2, 0.25) is 0 Å². The highest BCUT2D eigenvalue weighted by Gasteiger charge is 2.34. The quantitative estimate of drug-likeness (QED) is 0.870. The molecule has 1 aromatic rings. The molecule has 1 fully saturated rings. The van der Waals surface area contributed by atoms with Crippen LogP contribution < -0.4 is 4.74 Å². The number of ether oxygens (including phenoxy) is 2. The second-order valence-corrected chi connectivity index (χ2v) is 5.76. The highest BCUT2D eigenvalue weighted by molar-refractivity contribution is 9.10. The number of aliphatic hydroxyl groups excluding tert-OH is 2. The van der Waals surface area contributed by atoms with E-state index in [1.807, 2.05) is 0 Å². The SMILES string of the molecule is CC1(COc2cc(CO)c(Br)c(CO)c2)COC1. The lowest BCUT2D eigenvalue weighted by atomic mass is 9.90. The highest BCUT2D eigenvalue weighted by Crippen LogP contribution is 2.31. The van der Waals surface area contributed by atoms with Crippen molar-refractivity contribution < 1.29 is 19.7 Å². The van der Waals surface area contributed by atoms with Gasteiger partial charge in [0.05, 0.1) is 33.0 Å². The van der Waals surface area contributed by atoms with E-state index in [-0.39, 0.29) is 18.6 Å². The second kappa shape index (κ2) is 5.57. The Morgan fingerprint density at radius 1 is 1.28 bits per heavy atom. The molecule has 18 heavy (non-hydrogen) atoms. The van der Waals surface area contributed by atoms with Crippen molar-refractivity contribution in [2.45, 2.75) is 20.1 Å². The summed E-state index contributed by atoms with van der Waals surface area (Å²) >= 11 is 3.36. The van der Waals surface area contributed by atoms with Gasteiger partial charge in [-0.05, 0) is 23.3 Å². The molecule has 1 aromatic carbocycles. The molecule has 2 rings (SSSR count). The van der Waals surface area contributed by atoms with Crippen LogP contribution in [0.3, 0.4) is 0 Å². The van der Waals surface area contributed by atoms with E-state index in [0.717, 1.165) is 4.47 Å². The number of hydrogen-bond acceptors (Lipinski definition) is 4. The molecule has 100 valence electrons. The number of hydrogen-bond donors (Lipinski definition) is 2. The lowest BCUT2D eigenvalue weighted by Crippen LogP contribution is -2.44. The summed E-state index contributed by atoms with van der Waals surface area (Å²) in [5.41, 5.74) is 1.50. The first-order chi connectivity index (χ1) is 8.58. The van der Waals surface area contributed by atoms with E-state index in [9.17, 15) is 10.2 Å². The molecule has 4 nitrogen and oxygen atoms in total. The van der Waals surface area contributed by atoms with Crippen LogP contribution in [-0.4, -0.2) is 30.0 Å². The third kappa shape index (κ3) is 2.85. The van der Waals surface area contributed by atoms with E-state index in [1.165, 1.54) is 0 Å². The van der Waals surface area contributed by atoms with Crippen LogP contribution in [0.1, 0.15) is 18.1 Å². The van der Waals surface area contributed by atoms with E-state index in [2.05, 4.69) is 22.9 Å². The van der Waals surface area contributed by atoms with Gasteiger partial charge in [0.1, 0.15) is 5.75 Å². The van der Waals surface area contributed by atoms with Crippen LogP contribution in [0.4, 0.5) is 0 Å². The van der Waals surface area contributed by atoms with E-state index in [1.54, 1.807) is 12.1 Å². The van der Waals surface area contributed by atoms with Crippen molar-refractivity contribution in [2.75, 3.05) is 19.8 Å². The van der Waals surface area contributed by atoms with Gasteiger partial charge in [0, 0.05) is 9.89 Å². The van der Waals surface area contributed by atoms with Crippen LogP contribution in [0.25, 0.3) is 0 Å². The molecule has 2 N–H and O–H groups in total. The van der Waals surface area contributed by atoms with Crippen LogP contribution in [0, 0.1) is 5.41 Å². The van der Waals surface area contributed by atoms with Crippen LogP contribution >= 0.6 is 15.9 Å². The van der Waals surface area contributed by atoms with Gasteiger partial charge in [0.2, 0.25) is 0 Å². The fraction of sp³-hybridized carbons (Fsp3) is 0.538. The predicted octanol–water partition coefficient (Wildman–Crippen LogP) is 1.85. The normalized spacial score (nSPS) is 17.3. The molecule has 0 radical (unpaired) electrons. The number of rotatable bonds is 5. The number of halogens is 1. The molecule has 1 heterocycles. The van der Waals surface area contributed by atoms with Crippen molar-refractivity contribution in [1.29, 1.82) is 0 Å². The van der Waals surface area contributed by atoms with Crippen molar-refractivity contribution in [2.24, 2.45) is 5.41 Å². The zero-order valence-corrected chi connectivity index (χ0v) is 11.9. The van der Waals surface area contributed by atoms with Gasteiger partial charge in [0.15, 0.2) is 0 Å². The molecule has 0 aromatic heterocycles. The Morgan fingerprint density at radius 3 is 2.22 bits per heavy atom. The lowest BCUT2D eigenvalue weighted by Gasteiger charge is -2.37. The van der Waals surface area contributed by atoms with E-state index >= 15 is 0 Å². The zero-order valence-electron chi connectivity index (χ0n) is 10.3. The summed E-state index contributed by atoms with van der Waals surface area (Å²) in [6.45, 7) is 3.92. The maximum atomic E-state index is 9.26. The Hall–Kier alpha value is -0.620. The van der Waals surface area contributed by atoms with Crippen molar-refractivity contribution in [3.8, 4) is 5.75 Å². The zero-order chi connectivity index (χ0) is 13.2. The van der Waals surface area contributed by atoms with E-state index in [0.29, 0.717) is 36.7 Å². The minimum atomic E-state index is -0.0921. The van der Waals surface area contributed by atoms with Gasteiger partial charge in [-0.3, -0.25) is 0 Å². The maximum absolute atomic E-state index is 9.26. The maximum Gasteiger partial charge on any atom is 0.120 e. The van der Waals surface area contributed by atoms with Crippen LogP contribution in [-0.2, 0) is 18.0 Å². The molecule has 0 atom stereocenters. The summed E-state index contributed by atoms with van der Waals surface area (Å²) in [4.78, 5) is 0. The van der Waals surface area contributed by atoms with E-state index in [4.69, 9.17) is 9.47 Å². The topological polar surface area (TPSA) is 58.9 Å². The Bertz CT molecular complexity index is 404. The predicted molar refractivity (Wildman–Crippen MR) is 70.4 cm³/mol. The van der Waals surface area contributed by atoms with Crippen LogP contribution in [0.15, 0.2) is 16.6 Å².